The summed E-state index contributed by atoms with van der Waals surface area (Å²) in [4.78, 5) is 47.0. The lowest BCUT2D eigenvalue weighted by Gasteiger charge is -2.11. The van der Waals surface area contributed by atoms with E-state index in [-0.39, 0.29) is 26.6 Å². The van der Waals surface area contributed by atoms with Crippen molar-refractivity contribution in [2.24, 2.45) is 14.1 Å². The SMILES string of the molecule is Cn1c(NC(=O)COC(=O)COc2cc(Cl)c(Cl)cc2Cl)cc(=O)n(C)c1=O. The number of esters is 1. The summed E-state index contributed by atoms with van der Waals surface area (Å²) in [5, 5.41) is 2.87. The molecule has 0 bridgehead atoms. The standard InChI is InChI=1S/C16H14Cl3N3O6/c1-21-12(5-14(24)22(2)16(21)26)20-13(23)6-28-15(25)7-27-11-4-9(18)8(17)3-10(11)19/h3-5H,6-7H2,1-2H3,(H,20,23). The fourth-order valence-electron chi connectivity index (χ4n) is 1.97. The van der Waals surface area contributed by atoms with E-state index in [1.807, 2.05) is 0 Å². The Morgan fingerprint density at radius 2 is 1.61 bits per heavy atom. The second kappa shape index (κ2) is 9.13. The van der Waals surface area contributed by atoms with Gasteiger partial charge in [0.2, 0.25) is 0 Å². The third-order valence-electron chi connectivity index (χ3n) is 3.48. The number of carbonyl (C=O) groups excluding carboxylic acids is 2. The molecule has 9 nitrogen and oxygen atoms in total. The lowest BCUT2D eigenvalue weighted by Crippen LogP contribution is -2.38. The summed E-state index contributed by atoms with van der Waals surface area (Å²) in [5.74, 6) is -1.51. The van der Waals surface area contributed by atoms with E-state index in [9.17, 15) is 19.2 Å². The lowest BCUT2D eigenvalue weighted by molar-refractivity contribution is -0.149. The van der Waals surface area contributed by atoms with Gasteiger partial charge in [-0.05, 0) is 6.07 Å². The first-order valence-electron chi connectivity index (χ1n) is 7.60. The number of nitrogens with zero attached hydrogens (tertiary/aromatic N) is 2. The predicted octanol–water partition coefficient (Wildman–Crippen LogP) is 1.60. The maximum atomic E-state index is 11.9. The molecule has 12 heteroatoms. The Morgan fingerprint density at radius 1 is 0.964 bits per heavy atom. The van der Waals surface area contributed by atoms with Crippen molar-refractivity contribution >= 4 is 52.5 Å². The smallest absolute Gasteiger partial charge is 0.344 e. The molecule has 1 aromatic heterocycles. The fourth-order valence-corrected chi connectivity index (χ4v) is 2.56. The topological polar surface area (TPSA) is 109 Å². The Morgan fingerprint density at radius 3 is 2.29 bits per heavy atom. The van der Waals surface area contributed by atoms with Crippen molar-refractivity contribution in [3.05, 3.63) is 54.1 Å². The molecule has 150 valence electrons. The van der Waals surface area contributed by atoms with Crippen LogP contribution in [0.15, 0.2) is 27.8 Å². The molecule has 0 unspecified atom stereocenters. The highest BCUT2D eigenvalue weighted by Crippen LogP contribution is 2.33. The number of amides is 1. The highest BCUT2D eigenvalue weighted by Gasteiger charge is 2.13. The van der Waals surface area contributed by atoms with Gasteiger partial charge >= 0.3 is 11.7 Å². The van der Waals surface area contributed by atoms with Crippen LogP contribution in [0.1, 0.15) is 0 Å². The number of benzene rings is 1. The molecule has 0 aliphatic heterocycles. The molecule has 2 aromatic rings. The van der Waals surface area contributed by atoms with Crippen LogP contribution in [0, 0.1) is 0 Å². The molecule has 0 fully saturated rings. The Hall–Kier alpha value is -2.49. The maximum absolute atomic E-state index is 11.9. The van der Waals surface area contributed by atoms with Gasteiger partial charge in [0.05, 0.1) is 15.1 Å². The van der Waals surface area contributed by atoms with E-state index < -0.39 is 36.3 Å². The first kappa shape index (κ1) is 21.8. The van der Waals surface area contributed by atoms with Crippen LogP contribution >= 0.6 is 34.8 Å². The number of nitrogens with one attached hydrogen (secondary N) is 1. The van der Waals surface area contributed by atoms with Crippen molar-refractivity contribution in [1.29, 1.82) is 0 Å². The molecule has 1 heterocycles. The van der Waals surface area contributed by atoms with Gasteiger partial charge in [-0.2, -0.15) is 0 Å². The summed E-state index contributed by atoms with van der Waals surface area (Å²) in [6.07, 6.45) is 0. The van der Waals surface area contributed by atoms with Gasteiger partial charge in [-0.25, -0.2) is 9.59 Å². The normalized spacial score (nSPS) is 10.5. The van der Waals surface area contributed by atoms with Gasteiger partial charge in [0, 0.05) is 26.2 Å². The van der Waals surface area contributed by atoms with Crippen molar-refractivity contribution in [2.75, 3.05) is 18.5 Å². The van der Waals surface area contributed by atoms with E-state index in [2.05, 4.69) is 5.32 Å². The molecule has 0 saturated heterocycles. The molecule has 0 saturated carbocycles. The molecule has 1 aromatic carbocycles. The molecule has 0 radical (unpaired) electrons. The molecule has 2 rings (SSSR count). The van der Waals surface area contributed by atoms with Crippen LogP contribution in [0.5, 0.6) is 5.75 Å². The summed E-state index contributed by atoms with van der Waals surface area (Å²) < 4.78 is 11.9. The van der Waals surface area contributed by atoms with E-state index in [0.717, 1.165) is 15.2 Å². The lowest BCUT2D eigenvalue weighted by atomic mass is 10.3. The molecule has 0 aliphatic rings. The summed E-state index contributed by atoms with van der Waals surface area (Å²) in [6.45, 7) is -1.18. The number of halogens is 3. The molecule has 28 heavy (non-hydrogen) atoms. The fraction of sp³-hybridized carbons (Fsp3) is 0.250. The third kappa shape index (κ3) is 5.28. The largest absolute Gasteiger partial charge is 0.480 e. The van der Waals surface area contributed by atoms with Crippen LogP contribution in [-0.4, -0.2) is 34.2 Å². The summed E-state index contributed by atoms with van der Waals surface area (Å²) in [5.41, 5.74) is -1.21. The van der Waals surface area contributed by atoms with Crippen LogP contribution in [0.4, 0.5) is 5.82 Å². The monoisotopic (exact) mass is 449 g/mol. The van der Waals surface area contributed by atoms with Crippen molar-refractivity contribution in [1.82, 2.24) is 9.13 Å². The molecule has 1 amide bonds. The number of anilines is 1. The van der Waals surface area contributed by atoms with E-state index >= 15 is 0 Å². The number of carbonyl (C=O) groups is 2. The zero-order chi connectivity index (χ0) is 21.0. The van der Waals surface area contributed by atoms with Crippen molar-refractivity contribution in [2.45, 2.75) is 0 Å². The number of rotatable bonds is 6. The Bertz CT molecular complexity index is 1050. The average molecular weight is 451 g/mol. The maximum Gasteiger partial charge on any atom is 0.344 e. The van der Waals surface area contributed by atoms with Gasteiger partial charge < -0.3 is 14.8 Å². The zero-order valence-corrected chi connectivity index (χ0v) is 16.9. The Kier molecular flexibility index (Phi) is 7.11. The zero-order valence-electron chi connectivity index (χ0n) is 14.6. The molecular formula is C16H14Cl3N3O6. The first-order valence-corrected chi connectivity index (χ1v) is 8.73. The van der Waals surface area contributed by atoms with Gasteiger partial charge in [0.1, 0.15) is 11.6 Å². The minimum absolute atomic E-state index is 0.0343. The van der Waals surface area contributed by atoms with E-state index in [4.69, 9.17) is 44.3 Å². The van der Waals surface area contributed by atoms with Crippen LogP contribution in [0.25, 0.3) is 0 Å². The second-order valence-electron chi connectivity index (χ2n) is 5.46. The molecule has 0 atom stereocenters. The first-order chi connectivity index (χ1) is 13.1. The minimum atomic E-state index is -0.852. The van der Waals surface area contributed by atoms with Gasteiger partial charge in [0.25, 0.3) is 11.5 Å². The van der Waals surface area contributed by atoms with E-state index in [0.29, 0.717) is 0 Å². The van der Waals surface area contributed by atoms with Crippen LogP contribution < -0.4 is 21.3 Å². The minimum Gasteiger partial charge on any atom is -0.480 e. The van der Waals surface area contributed by atoms with Crippen molar-refractivity contribution in [3.8, 4) is 5.75 Å². The van der Waals surface area contributed by atoms with Gasteiger partial charge in [-0.1, -0.05) is 34.8 Å². The van der Waals surface area contributed by atoms with Crippen LogP contribution in [0.2, 0.25) is 15.1 Å². The van der Waals surface area contributed by atoms with Gasteiger partial charge in [0.15, 0.2) is 13.2 Å². The average Bonchev–Trinajstić information content (AvgIpc) is 2.64. The quantitative estimate of drug-likeness (QED) is 0.529. The van der Waals surface area contributed by atoms with Crippen LogP contribution in [-0.2, 0) is 28.4 Å². The van der Waals surface area contributed by atoms with Crippen molar-refractivity contribution in [3.63, 3.8) is 0 Å². The van der Waals surface area contributed by atoms with Gasteiger partial charge in [-0.3, -0.25) is 18.7 Å². The predicted molar refractivity (Wildman–Crippen MR) is 103 cm³/mol. The summed E-state index contributed by atoms with van der Waals surface area (Å²) >= 11 is 17.5. The molecule has 1 N–H and O–H groups in total. The third-order valence-corrected chi connectivity index (χ3v) is 4.50. The number of aromatic nitrogens is 2. The molecule has 0 spiro atoms. The van der Waals surface area contributed by atoms with Gasteiger partial charge in [-0.15, -0.1) is 0 Å². The van der Waals surface area contributed by atoms with E-state index in [1.165, 1.54) is 26.2 Å². The Labute approximate surface area is 173 Å². The van der Waals surface area contributed by atoms with Crippen molar-refractivity contribution < 1.29 is 19.1 Å². The van der Waals surface area contributed by atoms with E-state index in [1.54, 1.807) is 0 Å². The highest BCUT2D eigenvalue weighted by molar-refractivity contribution is 6.43. The van der Waals surface area contributed by atoms with Crippen LogP contribution in [0.3, 0.4) is 0 Å². The number of hydrogen-bond acceptors (Lipinski definition) is 6. The summed E-state index contributed by atoms with van der Waals surface area (Å²) in [7, 11) is 2.68. The Balaban J connectivity index is 1.90. The summed E-state index contributed by atoms with van der Waals surface area (Å²) in [6, 6.07) is 3.76. The highest BCUT2D eigenvalue weighted by atomic mass is 35.5. The molecule has 0 aliphatic carbocycles. The number of ether oxygens (including phenoxy) is 2. The molecular weight excluding hydrogens is 437 g/mol. The second-order valence-corrected chi connectivity index (χ2v) is 6.68. The number of hydrogen-bond donors (Lipinski definition) is 1.